The summed E-state index contributed by atoms with van der Waals surface area (Å²) in [4.78, 5) is 5.99. The van der Waals surface area contributed by atoms with Crippen molar-refractivity contribution < 1.29 is 9.47 Å². The second-order valence-electron chi connectivity index (χ2n) is 4.34. The number of thiazole rings is 1. The van der Waals surface area contributed by atoms with Crippen LogP contribution < -0.4 is 9.47 Å². The predicted molar refractivity (Wildman–Crippen MR) is 87.3 cm³/mol. The van der Waals surface area contributed by atoms with Crippen LogP contribution in [0.4, 0.5) is 0 Å². The van der Waals surface area contributed by atoms with E-state index < -0.39 is 0 Å². The molecule has 20 heavy (non-hydrogen) atoms. The number of nitrogens with zero attached hydrogens (tertiary/aromatic N) is 1. The van der Waals surface area contributed by atoms with Crippen LogP contribution in [0.2, 0.25) is 0 Å². The molecule has 2 aromatic rings. The first-order chi connectivity index (χ1) is 9.74. The molecule has 0 radical (unpaired) electrons. The number of aromatic nitrogens is 1. The summed E-state index contributed by atoms with van der Waals surface area (Å²) in [7, 11) is 3.30. The minimum absolute atomic E-state index is 0.722. The summed E-state index contributed by atoms with van der Waals surface area (Å²) >= 11 is 6.08. The molecule has 0 spiro atoms. The van der Waals surface area contributed by atoms with Crippen LogP contribution in [-0.2, 0) is 12.2 Å². The highest BCUT2D eigenvalue weighted by atomic mass is 32.1. The van der Waals surface area contributed by atoms with Crippen molar-refractivity contribution in [3.8, 4) is 22.1 Å². The molecule has 0 amide bonds. The SMILES string of the molecule is CCCc1nc(-c2cccc(OC)c2OC)sc1CS. The molecule has 0 aliphatic carbocycles. The third kappa shape index (κ3) is 2.94. The maximum absolute atomic E-state index is 5.49. The Labute approximate surface area is 129 Å². The summed E-state index contributed by atoms with van der Waals surface area (Å²) in [6, 6.07) is 5.86. The number of hydrogen-bond acceptors (Lipinski definition) is 5. The van der Waals surface area contributed by atoms with Crippen LogP contribution in [0.25, 0.3) is 10.6 Å². The summed E-state index contributed by atoms with van der Waals surface area (Å²) in [5.74, 6) is 2.18. The molecule has 0 unspecified atom stereocenters. The summed E-state index contributed by atoms with van der Waals surface area (Å²) in [6.07, 6.45) is 2.07. The lowest BCUT2D eigenvalue weighted by atomic mass is 10.2. The molecule has 1 aromatic carbocycles. The molecule has 0 fully saturated rings. The molecule has 0 atom stereocenters. The van der Waals surface area contributed by atoms with Gasteiger partial charge < -0.3 is 9.47 Å². The number of methoxy groups -OCH3 is 2. The van der Waals surface area contributed by atoms with Gasteiger partial charge in [-0.2, -0.15) is 12.6 Å². The predicted octanol–water partition coefficient (Wildman–Crippen LogP) is 4.21. The van der Waals surface area contributed by atoms with Gasteiger partial charge in [0.2, 0.25) is 0 Å². The van der Waals surface area contributed by atoms with Gasteiger partial charge in [0.05, 0.1) is 25.5 Å². The Hall–Kier alpha value is -1.20. The summed E-state index contributed by atoms with van der Waals surface area (Å²) in [5.41, 5.74) is 2.12. The number of para-hydroxylation sites is 1. The summed E-state index contributed by atoms with van der Waals surface area (Å²) in [5, 5.41) is 0.966. The van der Waals surface area contributed by atoms with Crippen molar-refractivity contribution in [3.05, 3.63) is 28.8 Å². The molecule has 0 aliphatic heterocycles. The van der Waals surface area contributed by atoms with Gasteiger partial charge in [0.15, 0.2) is 11.5 Å². The van der Waals surface area contributed by atoms with E-state index in [0.29, 0.717) is 0 Å². The van der Waals surface area contributed by atoms with Gasteiger partial charge in [0.1, 0.15) is 5.01 Å². The molecular formula is C15H19NO2S2. The average molecular weight is 309 g/mol. The quantitative estimate of drug-likeness (QED) is 0.811. The summed E-state index contributed by atoms with van der Waals surface area (Å²) < 4.78 is 10.8. The Morgan fingerprint density at radius 3 is 2.65 bits per heavy atom. The van der Waals surface area contributed by atoms with E-state index in [-0.39, 0.29) is 0 Å². The van der Waals surface area contributed by atoms with Crippen LogP contribution in [0.5, 0.6) is 11.5 Å². The van der Waals surface area contributed by atoms with Crippen molar-refractivity contribution in [1.29, 1.82) is 0 Å². The van der Waals surface area contributed by atoms with Crippen molar-refractivity contribution in [2.24, 2.45) is 0 Å². The monoisotopic (exact) mass is 309 g/mol. The number of rotatable bonds is 6. The smallest absolute Gasteiger partial charge is 0.170 e. The van der Waals surface area contributed by atoms with Crippen LogP contribution >= 0.6 is 24.0 Å². The Morgan fingerprint density at radius 2 is 2.05 bits per heavy atom. The number of thiol groups is 1. The van der Waals surface area contributed by atoms with Gasteiger partial charge in [-0.3, -0.25) is 0 Å². The minimum Gasteiger partial charge on any atom is -0.493 e. The third-order valence-corrected chi connectivity index (χ3v) is 4.70. The molecule has 0 bridgehead atoms. The van der Waals surface area contributed by atoms with Gasteiger partial charge in [0, 0.05) is 10.6 Å². The molecule has 3 nitrogen and oxygen atoms in total. The molecule has 1 heterocycles. The van der Waals surface area contributed by atoms with Crippen molar-refractivity contribution in [1.82, 2.24) is 4.98 Å². The van der Waals surface area contributed by atoms with Gasteiger partial charge in [0.25, 0.3) is 0 Å². The first-order valence-corrected chi connectivity index (χ1v) is 8.00. The van der Waals surface area contributed by atoms with E-state index in [1.54, 1.807) is 25.6 Å². The first kappa shape index (κ1) is 15.2. The topological polar surface area (TPSA) is 31.4 Å². The van der Waals surface area contributed by atoms with Gasteiger partial charge in [-0.05, 0) is 18.6 Å². The molecular weight excluding hydrogens is 290 g/mol. The van der Waals surface area contributed by atoms with Gasteiger partial charge in [-0.1, -0.05) is 19.4 Å². The van der Waals surface area contributed by atoms with E-state index in [2.05, 4.69) is 19.6 Å². The zero-order valence-corrected chi connectivity index (χ0v) is 13.7. The Balaban J connectivity index is 2.51. The van der Waals surface area contributed by atoms with Crippen molar-refractivity contribution in [3.63, 3.8) is 0 Å². The molecule has 2 rings (SSSR count). The standard InChI is InChI=1S/C15H19NO2S2/c1-4-6-11-13(9-19)20-15(16-11)10-7-5-8-12(17-2)14(10)18-3/h5,7-8,19H,4,6,9H2,1-3H3. The fourth-order valence-electron chi connectivity index (χ4n) is 2.11. The van der Waals surface area contributed by atoms with E-state index in [1.807, 2.05) is 18.2 Å². The normalized spacial score (nSPS) is 10.6. The minimum atomic E-state index is 0.722. The highest BCUT2D eigenvalue weighted by molar-refractivity contribution is 7.79. The lowest BCUT2D eigenvalue weighted by molar-refractivity contribution is 0.356. The van der Waals surface area contributed by atoms with E-state index >= 15 is 0 Å². The lowest BCUT2D eigenvalue weighted by Crippen LogP contribution is -1.93. The van der Waals surface area contributed by atoms with E-state index in [0.717, 1.165) is 46.4 Å². The molecule has 1 aromatic heterocycles. The number of benzene rings is 1. The number of hydrogen-bond donors (Lipinski definition) is 1. The largest absolute Gasteiger partial charge is 0.493 e. The van der Waals surface area contributed by atoms with E-state index in [1.165, 1.54) is 4.88 Å². The molecule has 0 aliphatic rings. The second-order valence-corrected chi connectivity index (χ2v) is 5.74. The van der Waals surface area contributed by atoms with Crippen LogP contribution in [-0.4, -0.2) is 19.2 Å². The number of ether oxygens (including phenoxy) is 2. The maximum atomic E-state index is 5.49. The van der Waals surface area contributed by atoms with Crippen molar-refractivity contribution in [2.45, 2.75) is 25.5 Å². The van der Waals surface area contributed by atoms with Gasteiger partial charge in [-0.25, -0.2) is 4.98 Å². The third-order valence-electron chi connectivity index (χ3n) is 3.04. The molecule has 0 N–H and O–H groups in total. The Morgan fingerprint density at radius 1 is 1.25 bits per heavy atom. The highest BCUT2D eigenvalue weighted by Crippen LogP contribution is 2.40. The van der Waals surface area contributed by atoms with E-state index in [9.17, 15) is 0 Å². The molecule has 108 valence electrons. The number of aryl methyl sites for hydroxylation is 1. The maximum Gasteiger partial charge on any atom is 0.170 e. The van der Waals surface area contributed by atoms with Crippen LogP contribution in [0.1, 0.15) is 23.9 Å². The lowest BCUT2D eigenvalue weighted by Gasteiger charge is -2.10. The molecule has 0 saturated heterocycles. The fourth-order valence-corrected chi connectivity index (χ4v) is 3.48. The average Bonchev–Trinajstić information content (AvgIpc) is 2.89. The second kappa shape index (κ2) is 6.99. The fraction of sp³-hybridized carbons (Fsp3) is 0.400. The first-order valence-electron chi connectivity index (χ1n) is 6.55. The van der Waals surface area contributed by atoms with Gasteiger partial charge >= 0.3 is 0 Å². The van der Waals surface area contributed by atoms with Crippen molar-refractivity contribution in [2.75, 3.05) is 14.2 Å². The van der Waals surface area contributed by atoms with Gasteiger partial charge in [-0.15, -0.1) is 11.3 Å². The van der Waals surface area contributed by atoms with Crippen molar-refractivity contribution >= 4 is 24.0 Å². The zero-order chi connectivity index (χ0) is 14.5. The molecule has 5 heteroatoms. The van der Waals surface area contributed by atoms with Crippen LogP contribution in [0.15, 0.2) is 18.2 Å². The molecule has 0 saturated carbocycles. The van der Waals surface area contributed by atoms with Crippen LogP contribution in [0, 0.1) is 0 Å². The highest BCUT2D eigenvalue weighted by Gasteiger charge is 2.17. The Kier molecular flexibility index (Phi) is 5.31. The van der Waals surface area contributed by atoms with Crippen LogP contribution in [0.3, 0.4) is 0 Å². The van der Waals surface area contributed by atoms with E-state index in [4.69, 9.17) is 14.5 Å². The summed E-state index contributed by atoms with van der Waals surface area (Å²) in [6.45, 7) is 2.16. The Bertz CT molecular complexity index is 581. The zero-order valence-electron chi connectivity index (χ0n) is 12.0.